The summed E-state index contributed by atoms with van der Waals surface area (Å²) in [7, 11) is 0. The quantitative estimate of drug-likeness (QED) is 0.148. The molecule has 9 heteroatoms. The summed E-state index contributed by atoms with van der Waals surface area (Å²) < 4.78 is 42.7. The highest BCUT2D eigenvalue weighted by Gasteiger charge is 2.03. The summed E-state index contributed by atoms with van der Waals surface area (Å²) in [6.45, 7) is 11.8. The van der Waals surface area contributed by atoms with Gasteiger partial charge < -0.3 is 43.0 Å². The van der Waals surface area contributed by atoms with Crippen LogP contribution >= 0.6 is 0 Å². The Bertz CT molecular complexity index is 321. The molecular weight excluding hydrogens is 408 g/mol. The Morgan fingerprint density at radius 3 is 1.39 bits per heavy atom. The lowest BCUT2D eigenvalue weighted by atomic mass is 10.2. The minimum Gasteiger partial charge on any atom is -0.379 e. The lowest BCUT2D eigenvalue weighted by Crippen LogP contribution is -2.22. The molecule has 0 rings (SSSR count). The van der Waals surface area contributed by atoms with Gasteiger partial charge in [0.15, 0.2) is 6.29 Å². The van der Waals surface area contributed by atoms with Crippen molar-refractivity contribution in [3.8, 4) is 0 Å². The van der Waals surface area contributed by atoms with E-state index < -0.39 is 6.29 Å². The van der Waals surface area contributed by atoms with E-state index in [4.69, 9.17) is 37.9 Å². The topological polar surface area (TPSA) is 94.1 Å². The first-order valence-corrected chi connectivity index (χ1v) is 11.6. The minimum atomic E-state index is -0.903. The van der Waals surface area contributed by atoms with Crippen molar-refractivity contribution in [3.05, 3.63) is 0 Å². The Kier molecular flexibility index (Phi) is 27.4. The van der Waals surface area contributed by atoms with Crippen LogP contribution in [0.25, 0.3) is 0 Å². The molecule has 0 aliphatic rings. The van der Waals surface area contributed by atoms with E-state index in [0.29, 0.717) is 92.5 Å². The lowest BCUT2D eigenvalue weighted by molar-refractivity contribution is -0.147. The van der Waals surface area contributed by atoms with Gasteiger partial charge in [0.2, 0.25) is 0 Å². The van der Waals surface area contributed by atoms with Gasteiger partial charge in [-0.3, -0.25) is 0 Å². The van der Waals surface area contributed by atoms with E-state index in [1.807, 2.05) is 6.92 Å². The lowest BCUT2D eigenvalue weighted by Gasteiger charge is -2.12. The molecule has 0 amide bonds. The van der Waals surface area contributed by atoms with Crippen LogP contribution < -0.4 is 0 Å². The fourth-order valence-corrected chi connectivity index (χ4v) is 2.35. The molecule has 0 saturated heterocycles. The van der Waals surface area contributed by atoms with Gasteiger partial charge in [-0.2, -0.15) is 0 Å². The number of hydrogen-bond donors (Lipinski definition) is 1. The summed E-state index contributed by atoms with van der Waals surface area (Å²) in [6, 6.07) is 0. The average molecular weight is 455 g/mol. The van der Waals surface area contributed by atoms with Gasteiger partial charge in [0.1, 0.15) is 0 Å². The number of rotatable bonds is 27. The van der Waals surface area contributed by atoms with E-state index in [1.54, 1.807) is 0 Å². The molecule has 0 fully saturated rings. The normalized spacial score (nSPS) is 12.5. The highest BCUT2D eigenvalue weighted by molar-refractivity contribution is 4.43. The maximum Gasteiger partial charge on any atom is 0.178 e. The molecule has 0 aromatic carbocycles. The number of hydrogen-bond acceptors (Lipinski definition) is 9. The van der Waals surface area contributed by atoms with Gasteiger partial charge in [-0.1, -0.05) is 26.2 Å². The number of aliphatic hydroxyl groups is 1. The van der Waals surface area contributed by atoms with Gasteiger partial charge in [-0.25, -0.2) is 0 Å². The van der Waals surface area contributed by atoms with Crippen LogP contribution in [0.15, 0.2) is 0 Å². The second-order valence-corrected chi connectivity index (χ2v) is 6.72. The van der Waals surface area contributed by atoms with Crippen LogP contribution in [0.5, 0.6) is 0 Å². The third-order valence-electron chi connectivity index (χ3n) is 4.00. The largest absolute Gasteiger partial charge is 0.379 e. The molecule has 0 spiro atoms. The van der Waals surface area contributed by atoms with Crippen LogP contribution in [-0.2, 0) is 37.9 Å². The van der Waals surface area contributed by atoms with E-state index in [0.717, 1.165) is 12.8 Å². The van der Waals surface area contributed by atoms with E-state index in [9.17, 15) is 5.11 Å². The number of ether oxygens (including phenoxy) is 8. The Labute approximate surface area is 188 Å². The molecule has 0 aliphatic heterocycles. The van der Waals surface area contributed by atoms with E-state index >= 15 is 0 Å². The van der Waals surface area contributed by atoms with Crippen LogP contribution in [-0.4, -0.2) is 110 Å². The Hall–Kier alpha value is -0.360. The smallest absolute Gasteiger partial charge is 0.178 e. The first kappa shape index (κ1) is 30.6. The van der Waals surface area contributed by atoms with Gasteiger partial charge in [-0.15, -0.1) is 0 Å². The van der Waals surface area contributed by atoms with Crippen molar-refractivity contribution in [2.75, 3.05) is 99.1 Å². The summed E-state index contributed by atoms with van der Waals surface area (Å²) in [5.41, 5.74) is 0. The summed E-state index contributed by atoms with van der Waals surface area (Å²) in [4.78, 5) is 0. The van der Waals surface area contributed by atoms with E-state index in [1.165, 1.54) is 12.8 Å². The molecule has 0 aliphatic carbocycles. The zero-order valence-corrected chi connectivity index (χ0v) is 19.7. The first-order chi connectivity index (χ1) is 15.3. The number of aliphatic hydroxyl groups excluding tert-OH is 1. The van der Waals surface area contributed by atoms with Crippen molar-refractivity contribution in [2.45, 2.75) is 45.8 Å². The van der Waals surface area contributed by atoms with Crippen molar-refractivity contribution >= 4 is 0 Å². The molecule has 1 unspecified atom stereocenters. The standard InChI is InChI=1S/C22H46O9/c1-3-5-6-7-8-30-21-22(23)31-20-19-29-18-17-28-16-15-27-14-13-26-12-11-25-10-9-24-4-2/h22-23H,3-21H2,1-2H3. The zero-order valence-electron chi connectivity index (χ0n) is 19.7. The average Bonchev–Trinajstić information content (AvgIpc) is 2.77. The van der Waals surface area contributed by atoms with Gasteiger partial charge in [0.05, 0.1) is 85.9 Å². The van der Waals surface area contributed by atoms with Gasteiger partial charge in [-0.05, 0) is 13.3 Å². The van der Waals surface area contributed by atoms with Crippen molar-refractivity contribution in [1.29, 1.82) is 0 Å². The predicted octanol–water partition coefficient (Wildman–Crippen LogP) is 2.04. The zero-order chi connectivity index (χ0) is 22.7. The summed E-state index contributed by atoms with van der Waals surface area (Å²) in [5.74, 6) is 0. The third-order valence-corrected chi connectivity index (χ3v) is 4.00. The molecule has 0 aromatic heterocycles. The molecule has 0 aromatic rings. The summed E-state index contributed by atoms with van der Waals surface area (Å²) >= 11 is 0. The fourth-order valence-electron chi connectivity index (χ4n) is 2.35. The molecule has 0 saturated carbocycles. The second-order valence-electron chi connectivity index (χ2n) is 6.72. The maximum atomic E-state index is 9.63. The van der Waals surface area contributed by atoms with Crippen LogP contribution in [0.1, 0.15) is 39.5 Å². The molecule has 0 bridgehead atoms. The molecule has 0 heterocycles. The molecule has 9 nitrogen and oxygen atoms in total. The summed E-state index contributed by atoms with van der Waals surface area (Å²) in [5, 5.41) is 9.63. The highest BCUT2D eigenvalue weighted by Crippen LogP contribution is 1.99. The maximum absolute atomic E-state index is 9.63. The van der Waals surface area contributed by atoms with Gasteiger partial charge in [0, 0.05) is 13.2 Å². The fraction of sp³-hybridized carbons (Fsp3) is 1.00. The molecule has 188 valence electrons. The van der Waals surface area contributed by atoms with Crippen LogP contribution in [0.2, 0.25) is 0 Å². The second kappa shape index (κ2) is 27.7. The first-order valence-electron chi connectivity index (χ1n) is 11.6. The van der Waals surface area contributed by atoms with Crippen molar-refractivity contribution in [2.24, 2.45) is 0 Å². The molecule has 1 atom stereocenters. The Morgan fingerprint density at radius 1 is 0.484 bits per heavy atom. The van der Waals surface area contributed by atoms with Gasteiger partial charge >= 0.3 is 0 Å². The van der Waals surface area contributed by atoms with Crippen molar-refractivity contribution < 1.29 is 43.0 Å². The third kappa shape index (κ3) is 27.6. The molecule has 0 radical (unpaired) electrons. The molecular formula is C22H46O9. The van der Waals surface area contributed by atoms with Crippen molar-refractivity contribution in [3.63, 3.8) is 0 Å². The molecule has 31 heavy (non-hydrogen) atoms. The van der Waals surface area contributed by atoms with E-state index in [2.05, 4.69) is 6.92 Å². The monoisotopic (exact) mass is 454 g/mol. The van der Waals surface area contributed by atoms with Crippen LogP contribution in [0.3, 0.4) is 0 Å². The van der Waals surface area contributed by atoms with Crippen LogP contribution in [0.4, 0.5) is 0 Å². The van der Waals surface area contributed by atoms with Gasteiger partial charge in [0.25, 0.3) is 0 Å². The Balaban J connectivity index is 3.09. The molecule has 1 N–H and O–H groups in total. The highest BCUT2D eigenvalue weighted by atomic mass is 16.6. The minimum absolute atomic E-state index is 0.197. The van der Waals surface area contributed by atoms with Crippen molar-refractivity contribution in [1.82, 2.24) is 0 Å². The van der Waals surface area contributed by atoms with E-state index in [-0.39, 0.29) is 6.61 Å². The predicted molar refractivity (Wildman–Crippen MR) is 118 cm³/mol. The number of unbranched alkanes of at least 4 members (excludes halogenated alkanes) is 3. The summed E-state index contributed by atoms with van der Waals surface area (Å²) in [6.07, 6.45) is 3.70. The Morgan fingerprint density at radius 2 is 0.935 bits per heavy atom. The van der Waals surface area contributed by atoms with Crippen LogP contribution in [0, 0.1) is 0 Å². The SMILES string of the molecule is CCCCCCOCC(O)OCCOCCOCCOCCOCCOCCOCC.